The lowest BCUT2D eigenvalue weighted by Gasteiger charge is -2.36. The Hall–Kier alpha value is -0.810. The van der Waals surface area contributed by atoms with Crippen LogP contribution in [0.4, 0.5) is 4.79 Å². The van der Waals surface area contributed by atoms with Crippen LogP contribution in [-0.2, 0) is 0 Å². The number of nitrogens with two attached hydrogens (primary N) is 1. The summed E-state index contributed by atoms with van der Waals surface area (Å²) in [5, 5.41) is 8.91. The number of hydrogen-bond acceptors (Lipinski definition) is 3. The van der Waals surface area contributed by atoms with Gasteiger partial charge in [-0.15, -0.1) is 0 Å². The molecule has 2 aliphatic heterocycles. The molecule has 2 heterocycles. The first-order valence-electron chi connectivity index (χ1n) is 7.09. The molecule has 0 aromatic heterocycles. The Morgan fingerprint density at radius 3 is 2.11 bits per heavy atom. The van der Waals surface area contributed by atoms with Crippen LogP contribution in [0.2, 0.25) is 0 Å². The maximum Gasteiger partial charge on any atom is 0.407 e. The van der Waals surface area contributed by atoms with Crippen molar-refractivity contribution in [3.63, 3.8) is 0 Å². The Morgan fingerprint density at radius 1 is 1.06 bits per heavy atom. The molecule has 18 heavy (non-hydrogen) atoms. The van der Waals surface area contributed by atoms with Gasteiger partial charge in [0, 0.05) is 19.6 Å². The summed E-state index contributed by atoms with van der Waals surface area (Å²) < 4.78 is 0. The van der Waals surface area contributed by atoms with Crippen LogP contribution in [0.1, 0.15) is 25.7 Å². The molecule has 0 saturated carbocycles. The lowest BCUT2D eigenvalue weighted by molar-refractivity contribution is 0.104. The van der Waals surface area contributed by atoms with E-state index in [0.717, 1.165) is 31.8 Å². The van der Waals surface area contributed by atoms with E-state index in [1.54, 1.807) is 0 Å². The van der Waals surface area contributed by atoms with E-state index in [1.165, 1.54) is 30.8 Å². The van der Waals surface area contributed by atoms with Gasteiger partial charge in [-0.05, 0) is 57.2 Å². The molecule has 0 spiro atoms. The maximum absolute atomic E-state index is 10.8. The number of carbonyl (C=O) groups is 1. The summed E-state index contributed by atoms with van der Waals surface area (Å²) in [4.78, 5) is 14.9. The van der Waals surface area contributed by atoms with E-state index in [2.05, 4.69) is 4.90 Å². The summed E-state index contributed by atoms with van der Waals surface area (Å²) in [6, 6.07) is 0. The number of likely N-dealkylation sites (tertiary alicyclic amines) is 2. The van der Waals surface area contributed by atoms with Gasteiger partial charge in [-0.2, -0.15) is 0 Å². The van der Waals surface area contributed by atoms with E-state index < -0.39 is 6.09 Å². The fourth-order valence-electron chi connectivity index (χ4n) is 3.08. The van der Waals surface area contributed by atoms with Gasteiger partial charge in [0.2, 0.25) is 0 Å². The van der Waals surface area contributed by atoms with Crippen molar-refractivity contribution < 1.29 is 9.90 Å². The number of nitrogens with zero attached hydrogens (tertiary/aromatic N) is 2. The third-order valence-electron chi connectivity index (χ3n) is 4.44. The van der Waals surface area contributed by atoms with Crippen LogP contribution in [-0.4, -0.2) is 60.3 Å². The van der Waals surface area contributed by atoms with Crippen molar-refractivity contribution in [1.29, 1.82) is 0 Å². The Kier molecular flexibility index (Phi) is 4.83. The van der Waals surface area contributed by atoms with Crippen LogP contribution in [0.25, 0.3) is 0 Å². The lowest BCUT2D eigenvalue weighted by atomic mass is 9.93. The van der Waals surface area contributed by atoms with Crippen molar-refractivity contribution in [2.24, 2.45) is 17.6 Å². The molecule has 2 fully saturated rings. The number of rotatable bonds is 3. The highest BCUT2D eigenvalue weighted by atomic mass is 16.4. The minimum Gasteiger partial charge on any atom is -0.465 e. The first-order valence-corrected chi connectivity index (χ1v) is 7.09. The van der Waals surface area contributed by atoms with Gasteiger partial charge in [-0.25, -0.2) is 4.79 Å². The number of piperidine rings is 2. The van der Waals surface area contributed by atoms with Crippen molar-refractivity contribution in [2.45, 2.75) is 25.7 Å². The molecular weight excluding hydrogens is 230 g/mol. The first-order chi connectivity index (χ1) is 8.69. The van der Waals surface area contributed by atoms with Crippen LogP contribution in [0, 0.1) is 11.8 Å². The number of carboxylic acid groups (broad SMARTS) is 1. The summed E-state index contributed by atoms with van der Waals surface area (Å²) in [5.74, 6) is 1.39. The second kappa shape index (κ2) is 6.38. The molecule has 1 amide bonds. The number of hydrogen-bond donors (Lipinski definition) is 2. The van der Waals surface area contributed by atoms with Gasteiger partial charge in [-0.3, -0.25) is 0 Å². The quantitative estimate of drug-likeness (QED) is 0.791. The monoisotopic (exact) mass is 255 g/mol. The second-order valence-electron chi connectivity index (χ2n) is 5.69. The molecule has 5 nitrogen and oxygen atoms in total. The zero-order chi connectivity index (χ0) is 13.0. The first kappa shape index (κ1) is 13.6. The maximum atomic E-state index is 10.8. The minimum absolute atomic E-state index is 0.676. The smallest absolute Gasteiger partial charge is 0.407 e. The van der Waals surface area contributed by atoms with Crippen molar-refractivity contribution in [3.8, 4) is 0 Å². The van der Waals surface area contributed by atoms with Crippen molar-refractivity contribution >= 4 is 6.09 Å². The third-order valence-corrected chi connectivity index (χ3v) is 4.44. The normalized spacial score (nSPS) is 24.4. The summed E-state index contributed by atoms with van der Waals surface area (Å²) in [7, 11) is 0. The van der Waals surface area contributed by atoms with E-state index in [9.17, 15) is 4.79 Å². The van der Waals surface area contributed by atoms with E-state index in [0.29, 0.717) is 19.0 Å². The average Bonchev–Trinajstić information content (AvgIpc) is 2.40. The van der Waals surface area contributed by atoms with Gasteiger partial charge in [0.1, 0.15) is 0 Å². The van der Waals surface area contributed by atoms with Crippen LogP contribution in [0.5, 0.6) is 0 Å². The molecule has 0 atom stereocenters. The SMILES string of the molecule is NCC1CCN(CC2CCN(C(=O)O)CC2)CC1. The molecule has 0 radical (unpaired) electrons. The Labute approximate surface area is 109 Å². The summed E-state index contributed by atoms with van der Waals surface area (Å²) >= 11 is 0. The van der Waals surface area contributed by atoms with Gasteiger partial charge in [-0.1, -0.05) is 0 Å². The topological polar surface area (TPSA) is 69.8 Å². The van der Waals surface area contributed by atoms with Crippen LogP contribution >= 0.6 is 0 Å². The van der Waals surface area contributed by atoms with Crippen LogP contribution in [0.3, 0.4) is 0 Å². The largest absolute Gasteiger partial charge is 0.465 e. The molecule has 3 N–H and O–H groups in total. The average molecular weight is 255 g/mol. The molecule has 0 bridgehead atoms. The summed E-state index contributed by atoms with van der Waals surface area (Å²) in [6.45, 7) is 5.72. The van der Waals surface area contributed by atoms with Crippen LogP contribution in [0.15, 0.2) is 0 Å². The molecule has 0 aromatic carbocycles. The van der Waals surface area contributed by atoms with Gasteiger partial charge in [0.25, 0.3) is 0 Å². The fourth-order valence-corrected chi connectivity index (χ4v) is 3.08. The molecule has 2 saturated heterocycles. The van der Waals surface area contributed by atoms with Crippen LogP contribution < -0.4 is 5.73 Å². The molecule has 104 valence electrons. The highest BCUT2D eigenvalue weighted by molar-refractivity contribution is 5.64. The fraction of sp³-hybridized carbons (Fsp3) is 0.923. The highest BCUT2D eigenvalue weighted by Crippen LogP contribution is 2.22. The summed E-state index contributed by atoms with van der Waals surface area (Å²) in [5.41, 5.74) is 5.70. The van der Waals surface area contributed by atoms with E-state index in [-0.39, 0.29) is 0 Å². The minimum atomic E-state index is -0.766. The van der Waals surface area contributed by atoms with Gasteiger partial charge < -0.3 is 20.6 Å². The highest BCUT2D eigenvalue weighted by Gasteiger charge is 2.25. The third kappa shape index (κ3) is 3.59. The molecule has 0 unspecified atom stereocenters. The standard InChI is InChI=1S/C13H25N3O2/c14-9-11-1-5-15(6-2-11)10-12-3-7-16(8-4-12)13(17)18/h11-12H,1-10,14H2,(H,17,18). The zero-order valence-electron chi connectivity index (χ0n) is 11.1. The predicted molar refractivity (Wildman–Crippen MR) is 70.5 cm³/mol. The van der Waals surface area contributed by atoms with Crippen molar-refractivity contribution in [1.82, 2.24) is 9.80 Å². The molecule has 5 heteroatoms. The molecule has 2 rings (SSSR count). The molecule has 2 aliphatic rings. The second-order valence-corrected chi connectivity index (χ2v) is 5.69. The Bertz CT molecular complexity index is 269. The van der Waals surface area contributed by atoms with Crippen molar-refractivity contribution in [2.75, 3.05) is 39.3 Å². The van der Waals surface area contributed by atoms with Gasteiger partial charge in [0.05, 0.1) is 0 Å². The molecule has 0 aliphatic carbocycles. The van der Waals surface area contributed by atoms with Gasteiger partial charge in [0.15, 0.2) is 0 Å². The number of amides is 1. The Balaban J connectivity index is 1.67. The molecule has 0 aromatic rings. The van der Waals surface area contributed by atoms with E-state index in [4.69, 9.17) is 10.8 Å². The lowest BCUT2D eigenvalue weighted by Crippen LogP contribution is -2.43. The predicted octanol–water partition coefficient (Wildman–Crippen LogP) is 1.05. The Morgan fingerprint density at radius 2 is 1.61 bits per heavy atom. The van der Waals surface area contributed by atoms with E-state index in [1.807, 2.05) is 0 Å². The molecular formula is C13H25N3O2. The van der Waals surface area contributed by atoms with Crippen molar-refractivity contribution in [3.05, 3.63) is 0 Å². The zero-order valence-corrected chi connectivity index (χ0v) is 11.1. The van der Waals surface area contributed by atoms with E-state index >= 15 is 0 Å². The van der Waals surface area contributed by atoms with Gasteiger partial charge >= 0.3 is 6.09 Å². The summed E-state index contributed by atoms with van der Waals surface area (Å²) in [6.07, 6.45) is 3.72.